The van der Waals surface area contributed by atoms with Gasteiger partial charge in [-0.25, -0.2) is 0 Å². The molecule has 2 saturated heterocycles. The van der Waals surface area contributed by atoms with Crippen LogP contribution in [0.15, 0.2) is 0 Å². The molecule has 2 unspecified atom stereocenters. The van der Waals surface area contributed by atoms with Crippen LogP contribution >= 0.6 is 0 Å². The number of ether oxygens (including phenoxy) is 3. The average molecular weight is 257 g/mol. The van der Waals surface area contributed by atoms with Gasteiger partial charge in [0.2, 0.25) is 0 Å². The van der Waals surface area contributed by atoms with Gasteiger partial charge in [0.15, 0.2) is 0 Å². The highest BCUT2D eigenvalue weighted by molar-refractivity contribution is 4.99. The third-order valence-electron chi connectivity index (χ3n) is 4.36. The molecule has 0 aromatic heterocycles. The van der Waals surface area contributed by atoms with Crippen molar-refractivity contribution in [2.24, 2.45) is 5.92 Å². The molecule has 2 aliphatic heterocycles. The van der Waals surface area contributed by atoms with E-state index in [1.807, 2.05) is 7.11 Å². The summed E-state index contributed by atoms with van der Waals surface area (Å²) in [7, 11) is 1.85. The molecular weight excluding hydrogens is 230 g/mol. The first-order valence-electron chi connectivity index (χ1n) is 7.26. The van der Waals surface area contributed by atoms with Crippen LogP contribution in [0.5, 0.6) is 0 Å². The first-order chi connectivity index (χ1) is 8.82. The normalized spacial score (nSPS) is 29.3. The molecule has 1 N–H and O–H groups in total. The Hall–Kier alpha value is -0.160. The Kier molecular flexibility index (Phi) is 5.42. The van der Waals surface area contributed by atoms with Gasteiger partial charge in [-0.05, 0) is 19.4 Å². The van der Waals surface area contributed by atoms with E-state index < -0.39 is 0 Å². The molecule has 0 aliphatic carbocycles. The Balaban J connectivity index is 2.08. The summed E-state index contributed by atoms with van der Waals surface area (Å²) in [6.45, 7) is 6.64. The molecule has 18 heavy (non-hydrogen) atoms. The van der Waals surface area contributed by atoms with E-state index in [9.17, 15) is 0 Å². The quantitative estimate of drug-likeness (QED) is 0.784. The summed E-state index contributed by atoms with van der Waals surface area (Å²) in [5.41, 5.74) is -0.0637. The zero-order valence-electron chi connectivity index (χ0n) is 11.7. The number of hydrogen-bond acceptors (Lipinski definition) is 4. The highest BCUT2D eigenvalue weighted by atomic mass is 16.5. The van der Waals surface area contributed by atoms with Gasteiger partial charge in [-0.15, -0.1) is 0 Å². The molecule has 0 amide bonds. The SMILES string of the molecule is CCCNC(C1CCOC1)C1(OC)CCOCC1. The highest BCUT2D eigenvalue weighted by Gasteiger charge is 2.44. The van der Waals surface area contributed by atoms with Crippen molar-refractivity contribution in [3.63, 3.8) is 0 Å². The number of rotatable bonds is 6. The Morgan fingerprint density at radius 1 is 1.28 bits per heavy atom. The van der Waals surface area contributed by atoms with E-state index in [1.54, 1.807) is 0 Å². The van der Waals surface area contributed by atoms with Crippen LogP contribution < -0.4 is 5.32 Å². The molecule has 0 aromatic rings. The van der Waals surface area contributed by atoms with E-state index in [4.69, 9.17) is 14.2 Å². The average Bonchev–Trinajstić information content (AvgIpc) is 2.94. The zero-order valence-corrected chi connectivity index (χ0v) is 11.7. The van der Waals surface area contributed by atoms with Gasteiger partial charge in [-0.3, -0.25) is 0 Å². The lowest BCUT2D eigenvalue weighted by atomic mass is 9.78. The number of hydrogen-bond donors (Lipinski definition) is 1. The van der Waals surface area contributed by atoms with Crippen molar-refractivity contribution < 1.29 is 14.2 Å². The van der Waals surface area contributed by atoms with Crippen LogP contribution in [-0.4, -0.2) is 51.7 Å². The van der Waals surface area contributed by atoms with Crippen molar-refractivity contribution in [2.45, 2.75) is 44.2 Å². The van der Waals surface area contributed by atoms with Crippen molar-refractivity contribution in [1.82, 2.24) is 5.32 Å². The summed E-state index contributed by atoms with van der Waals surface area (Å²) in [6, 6.07) is 0.397. The summed E-state index contributed by atoms with van der Waals surface area (Å²) in [5, 5.41) is 3.71. The van der Waals surface area contributed by atoms with Crippen LogP contribution in [0.25, 0.3) is 0 Å². The second kappa shape index (κ2) is 6.85. The van der Waals surface area contributed by atoms with Gasteiger partial charge in [0, 0.05) is 51.7 Å². The molecule has 106 valence electrons. The Bertz CT molecular complexity index is 235. The largest absolute Gasteiger partial charge is 0.381 e. The van der Waals surface area contributed by atoms with Gasteiger partial charge < -0.3 is 19.5 Å². The fourth-order valence-corrected chi connectivity index (χ4v) is 3.26. The Morgan fingerprint density at radius 3 is 2.61 bits per heavy atom. The second-order valence-corrected chi connectivity index (χ2v) is 5.44. The monoisotopic (exact) mass is 257 g/mol. The number of nitrogens with one attached hydrogen (secondary N) is 1. The fourth-order valence-electron chi connectivity index (χ4n) is 3.26. The topological polar surface area (TPSA) is 39.7 Å². The highest BCUT2D eigenvalue weighted by Crippen LogP contribution is 2.34. The van der Waals surface area contributed by atoms with E-state index in [2.05, 4.69) is 12.2 Å². The van der Waals surface area contributed by atoms with Crippen molar-refractivity contribution in [3.8, 4) is 0 Å². The summed E-state index contributed by atoms with van der Waals surface area (Å²) >= 11 is 0. The van der Waals surface area contributed by atoms with Gasteiger partial charge in [0.1, 0.15) is 0 Å². The van der Waals surface area contributed by atoms with Crippen LogP contribution in [0.3, 0.4) is 0 Å². The Labute approximate surface area is 110 Å². The van der Waals surface area contributed by atoms with Crippen LogP contribution in [0, 0.1) is 5.92 Å². The molecule has 0 saturated carbocycles. The standard InChI is InChI=1S/C14H27NO3/c1-3-7-15-13(12-4-8-18-11-12)14(16-2)5-9-17-10-6-14/h12-13,15H,3-11H2,1-2H3. The molecule has 0 radical (unpaired) electrons. The molecule has 2 rings (SSSR count). The van der Waals surface area contributed by atoms with Crippen molar-refractivity contribution in [1.29, 1.82) is 0 Å². The number of methoxy groups -OCH3 is 1. The van der Waals surface area contributed by atoms with Crippen molar-refractivity contribution in [3.05, 3.63) is 0 Å². The molecular formula is C14H27NO3. The molecule has 2 heterocycles. The molecule has 2 fully saturated rings. The van der Waals surface area contributed by atoms with Crippen molar-refractivity contribution in [2.75, 3.05) is 40.1 Å². The minimum absolute atomic E-state index is 0.0637. The van der Waals surface area contributed by atoms with Crippen molar-refractivity contribution >= 4 is 0 Å². The summed E-state index contributed by atoms with van der Waals surface area (Å²) in [4.78, 5) is 0. The second-order valence-electron chi connectivity index (χ2n) is 5.44. The molecule has 4 nitrogen and oxygen atoms in total. The summed E-state index contributed by atoms with van der Waals surface area (Å²) in [6.07, 6.45) is 4.27. The van der Waals surface area contributed by atoms with E-state index in [1.165, 1.54) is 0 Å². The molecule has 2 atom stereocenters. The minimum atomic E-state index is -0.0637. The van der Waals surface area contributed by atoms with Crippen LogP contribution in [0.1, 0.15) is 32.6 Å². The van der Waals surface area contributed by atoms with Gasteiger partial charge in [0.25, 0.3) is 0 Å². The van der Waals surface area contributed by atoms with E-state index in [-0.39, 0.29) is 5.60 Å². The first-order valence-corrected chi connectivity index (χ1v) is 7.26. The zero-order chi connectivity index (χ0) is 12.8. The van der Waals surface area contributed by atoms with E-state index in [0.29, 0.717) is 12.0 Å². The third kappa shape index (κ3) is 3.05. The minimum Gasteiger partial charge on any atom is -0.381 e. The lowest BCUT2D eigenvalue weighted by molar-refractivity contribution is -0.120. The summed E-state index contributed by atoms with van der Waals surface area (Å²) < 4.78 is 17.0. The molecule has 0 aromatic carbocycles. The van der Waals surface area contributed by atoms with Gasteiger partial charge in [0.05, 0.1) is 12.2 Å². The predicted molar refractivity (Wildman–Crippen MR) is 70.8 cm³/mol. The third-order valence-corrected chi connectivity index (χ3v) is 4.36. The molecule has 0 bridgehead atoms. The summed E-state index contributed by atoms with van der Waals surface area (Å²) in [5.74, 6) is 0.578. The van der Waals surface area contributed by atoms with Crippen LogP contribution in [0.4, 0.5) is 0 Å². The molecule has 0 spiro atoms. The van der Waals surface area contributed by atoms with Crippen LogP contribution in [-0.2, 0) is 14.2 Å². The lowest BCUT2D eigenvalue weighted by Crippen LogP contribution is -2.58. The van der Waals surface area contributed by atoms with Gasteiger partial charge in [-0.2, -0.15) is 0 Å². The fraction of sp³-hybridized carbons (Fsp3) is 1.00. The van der Waals surface area contributed by atoms with Crippen LogP contribution in [0.2, 0.25) is 0 Å². The van der Waals surface area contributed by atoms with E-state index in [0.717, 1.165) is 58.7 Å². The first kappa shape index (κ1) is 14.3. The Morgan fingerprint density at radius 2 is 2.06 bits per heavy atom. The van der Waals surface area contributed by atoms with Gasteiger partial charge >= 0.3 is 0 Å². The smallest absolute Gasteiger partial charge is 0.0878 e. The molecule has 4 heteroatoms. The van der Waals surface area contributed by atoms with E-state index >= 15 is 0 Å². The maximum atomic E-state index is 5.95. The maximum Gasteiger partial charge on any atom is 0.0878 e. The lowest BCUT2D eigenvalue weighted by Gasteiger charge is -2.45. The predicted octanol–water partition coefficient (Wildman–Crippen LogP) is 1.59. The van der Waals surface area contributed by atoms with Gasteiger partial charge in [-0.1, -0.05) is 6.92 Å². The maximum absolute atomic E-state index is 5.95. The molecule has 2 aliphatic rings.